The molecule has 0 aliphatic rings. The third-order valence-electron chi connectivity index (χ3n) is 3.73. The van der Waals surface area contributed by atoms with Gasteiger partial charge in [0.25, 0.3) is 0 Å². The normalized spacial score (nSPS) is 11.2. The third-order valence-corrected chi connectivity index (χ3v) is 4.39. The van der Waals surface area contributed by atoms with Crippen LogP contribution in [0.2, 0.25) is 0 Å². The topological polar surface area (TPSA) is 43.8 Å². The highest BCUT2D eigenvalue weighted by Crippen LogP contribution is 2.31. The predicted octanol–water partition coefficient (Wildman–Crippen LogP) is 4.25. The van der Waals surface area contributed by atoms with E-state index in [0.717, 1.165) is 39.0 Å². The molecule has 0 saturated carbocycles. The second-order valence-corrected chi connectivity index (χ2v) is 6.04. The van der Waals surface area contributed by atoms with Crippen LogP contribution in [-0.4, -0.2) is 9.55 Å². The summed E-state index contributed by atoms with van der Waals surface area (Å²) < 4.78 is 3.32. The van der Waals surface area contributed by atoms with E-state index in [0.29, 0.717) is 6.54 Å². The fourth-order valence-corrected chi connectivity index (χ4v) is 3.30. The van der Waals surface area contributed by atoms with Gasteiger partial charge in [-0.05, 0) is 49.2 Å². The monoisotopic (exact) mass is 343 g/mol. The van der Waals surface area contributed by atoms with Crippen LogP contribution in [0.5, 0.6) is 0 Å². The summed E-state index contributed by atoms with van der Waals surface area (Å²) in [6.45, 7) is 5.65. The zero-order valence-electron chi connectivity index (χ0n) is 12.2. The average molecular weight is 344 g/mol. The molecule has 3 nitrogen and oxygen atoms in total. The van der Waals surface area contributed by atoms with Gasteiger partial charge in [-0.3, -0.25) is 0 Å². The van der Waals surface area contributed by atoms with E-state index in [4.69, 9.17) is 10.7 Å². The van der Waals surface area contributed by atoms with E-state index in [2.05, 4.69) is 70.7 Å². The molecule has 0 aliphatic carbocycles. The first-order chi connectivity index (χ1) is 10.1. The number of halogens is 1. The van der Waals surface area contributed by atoms with Crippen LogP contribution in [0.4, 0.5) is 0 Å². The Morgan fingerprint density at radius 2 is 2.00 bits per heavy atom. The Kier molecular flexibility index (Phi) is 3.83. The van der Waals surface area contributed by atoms with Crippen LogP contribution in [-0.2, 0) is 13.1 Å². The molecule has 3 rings (SSSR count). The number of fused-ring (bicyclic) bond motifs is 1. The van der Waals surface area contributed by atoms with Gasteiger partial charge in [-0.1, -0.05) is 28.1 Å². The third kappa shape index (κ3) is 2.49. The lowest BCUT2D eigenvalue weighted by atomic mass is 10.1. The highest BCUT2D eigenvalue weighted by Gasteiger charge is 2.14. The van der Waals surface area contributed by atoms with E-state index in [1.165, 1.54) is 5.56 Å². The highest BCUT2D eigenvalue weighted by molar-refractivity contribution is 9.10. The number of nitrogens with zero attached hydrogens (tertiary/aromatic N) is 2. The first-order valence-corrected chi connectivity index (χ1v) is 7.89. The van der Waals surface area contributed by atoms with Gasteiger partial charge in [0.05, 0.1) is 11.0 Å². The molecule has 0 aliphatic heterocycles. The van der Waals surface area contributed by atoms with E-state index in [9.17, 15) is 0 Å². The van der Waals surface area contributed by atoms with Crippen LogP contribution in [0.1, 0.15) is 18.1 Å². The Balaban J connectivity index is 2.26. The summed E-state index contributed by atoms with van der Waals surface area (Å²) in [5.41, 5.74) is 11.3. The fourth-order valence-electron chi connectivity index (χ4n) is 2.63. The first kappa shape index (κ1) is 14.3. The van der Waals surface area contributed by atoms with E-state index in [-0.39, 0.29) is 0 Å². The molecule has 0 amide bonds. The van der Waals surface area contributed by atoms with Crippen LogP contribution in [0, 0.1) is 6.92 Å². The van der Waals surface area contributed by atoms with Gasteiger partial charge in [0.2, 0.25) is 0 Å². The lowest BCUT2D eigenvalue weighted by Crippen LogP contribution is -1.98. The van der Waals surface area contributed by atoms with Crippen molar-refractivity contribution in [2.75, 3.05) is 0 Å². The zero-order valence-corrected chi connectivity index (χ0v) is 13.8. The van der Waals surface area contributed by atoms with E-state index in [1.54, 1.807) is 0 Å². The summed E-state index contributed by atoms with van der Waals surface area (Å²) in [7, 11) is 0. The molecule has 0 unspecified atom stereocenters. The quantitative estimate of drug-likeness (QED) is 0.772. The lowest BCUT2D eigenvalue weighted by molar-refractivity contribution is 0.796. The number of hydrogen-bond acceptors (Lipinski definition) is 2. The van der Waals surface area contributed by atoms with Crippen molar-refractivity contribution in [3.63, 3.8) is 0 Å². The number of nitrogens with two attached hydrogens (primary N) is 1. The molecule has 2 aromatic carbocycles. The van der Waals surface area contributed by atoms with Gasteiger partial charge in [0, 0.05) is 23.1 Å². The maximum atomic E-state index is 5.73. The summed E-state index contributed by atoms with van der Waals surface area (Å²) in [5, 5.41) is 0. The first-order valence-electron chi connectivity index (χ1n) is 7.09. The number of imidazole rings is 1. The van der Waals surface area contributed by atoms with Crippen molar-refractivity contribution in [1.29, 1.82) is 0 Å². The van der Waals surface area contributed by atoms with Crippen LogP contribution in [0.15, 0.2) is 40.9 Å². The Bertz CT molecular complexity index is 805. The maximum absolute atomic E-state index is 5.73. The van der Waals surface area contributed by atoms with Gasteiger partial charge in [0.15, 0.2) is 0 Å². The predicted molar refractivity (Wildman–Crippen MR) is 91.2 cm³/mol. The fraction of sp³-hybridized carbons (Fsp3) is 0.235. The van der Waals surface area contributed by atoms with Crippen LogP contribution >= 0.6 is 15.9 Å². The van der Waals surface area contributed by atoms with E-state index >= 15 is 0 Å². The SMILES string of the molecule is CCn1c(-c2ccc(C)cc2Br)nc2cc(CN)ccc21. The molecule has 3 aromatic rings. The molecule has 1 aromatic heterocycles. The largest absolute Gasteiger partial charge is 0.326 e. The molecule has 0 radical (unpaired) electrons. The number of aromatic nitrogens is 2. The van der Waals surface area contributed by atoms with Crippen molar-refractivity contribution < 1.29 is 0 Å². The minimum atomic E-state index is 0.540. The molecule has 0 saturated heterocycles. The van der Waals surface area contributed by atoms with Gasteiger partial charge in [-0.2, -0.15) is 0 Å². The van der Waals surface area contributed by atoms with Crippen LogP contribution in [0.3, 0.4) is 0 Å². The number of hydrogen-bond donors (Lipinski definition) is 1. The number of aryl methyl sites for hydroxylation is 2. The molecule has 0 fully saturated rings. The summed E-state index contributed by atoms with van der Waals surface area (Å²) in [5.74, 6) is 0.994. The Morgan fingerprint density at radius 1 is 1.19 bits per heavy atom. The standard InChI is InChI=1S/C17H18BrN3/c1-3-21-16-7-5-12(10-19)9-15(16)20-17(21)13-6-4-11(2)8-14(13)18/h4-9H,3,10,19H2,1-2H3. The average Bonchev–Trinajstić information content (AvgIpc) is 2.84. The summed E-state index contributed by atoms with van der Waals surface area (Å²) in [6.07, 6.45) is 0. The second kappa shape index (κ2) is 5.62. The van der Waals surface area contributed by atoms with Crippen molar-refractivity contribution in [2.24, 2.45) is 5.73 Å². The van der Waals surface area contributed by atoms with Gasteiger partial charge >= 0.3 is 0 Å². The molecule has 0 spiro atoms. The molecule has 108 valence electrons. The second-order valence-electron chi connectivity index (χ2n) is 5.19. The number of rotatable bonds is 3. The Morgan fingerprint density at radius 3 is 2.67 bits per heavy atom. The van der Waals surface area contributed by atoms with Crippen molar-refractivity contribution in [1.82, 2.24) is 9.55 Å². The summed E-state index contributed by atoms with van der Waals surface area (Å²) in [6, 6.07) is 12.6. The molecule has 21 heavy (non-hydrogen) atoms. The maximum Gasteiger partial charge on any atom is 0.142 e. The van der Waals surface area contributed by atoms with Gasteiger partial charge in [-0.25, -0.2) is 4.98 Å². The Labute approximate surface area is 132 Å². The molecule has 0 bridgehead atoms. The summed E-state index contributed by atoms with van der Waals surface area (Å²) in [4.78, 5) is 4.83. The van der Waals surface area contributed by atoms with Crippen molar-refractivity contribution >= 4 is 27.0 Å². The molecule has 1 heterocycles. The lowest BCUT2D eigenvalue weighted by Gasteiger charge is -2.08. The minimum Gasteiger partial charge on any atom is -0.326 e. The Hall–Kier alpha value is -1.65. The molecule has 0 atom stereocenters. The highest BCUT2D eigenvalue weighted by atomic mass is 79.9. The molecular weight excluding hydrogens is 326 g/mol. The van der Waals surface area contributed by atoms with Crippen molar-refractivity contribution in [3.05, 3.63) is 52.0 Å². The van der Waals surface area contributed by atoms with E-state index < -0.39 is 0 Å². The molecular formula is C17H18BrN3. The van der Waals surface area contributed by atoms with Gasteiger partial charge < -0.3 is 10.3 Å². The van der Waals surface area contributed by atoms with Crippen LogP contribution in [0.25, 0.3) is 22.4 Å². The molecule has 4 heteroatoms. The summed E-state index contributed by atoms with van der Waals surface area (Å²) >= 11 is 3.66. The minimum absolute atomic E-state index is 0.540. The van der Waals surface area contributed by atoms with Crippen molar-refractivity contribution in [2.45, 2.75) is 26.9 Å². The smallest absolute Gasteiger partial charge is 0.142 e. The number of benzene rings is 2. The van der Waals surface area contributed by atoms with E-state index in [1.807, 2.05) is 0 Å². The zero-order chi connectivity index (χ0) is 15.0. The van der Waals surface area contributed by atoms with Gasteiger partial charge in [0.1, 0.15) is 5.82 Å². The molecule has 2 N–H and O–H groups in total. The van der Waals surface area contributed by atoms with Crippen molar-refractivity contribution in [3.8, 4) is 11.4 Å². The van der Waals surface area contributed by atoms with Crippen LogP contribution < -0.4 is 5.73 Å². The van der Waals surface area contributed by atoms with Gasteiger partial charge in [-0.15, -0.1) is 0 Å².